The van der Waals surface area contributed by atoms with E-state index in [0.717, 1.165) is 11.5 Å². The number of rotatable bonds is 1. The van der Waals surface area contributed by atoms with Gasteiger partial charge in [0.25, 0.3) is 0 Å². The number of fused-ring (bicyclic) bond motifs is 1. The Morgan fingerprint density at radius 2 is 2.07 bits per heavy atom. The van der Waals surface area contributed by atoms with E-state index in [1.807, 2.05) is 47.3 Å². The highest BCUT2D eigenvalue weighted by atomic mass is 15.3. The summed E-state index contributed by atoms with van der Waals surface area (Å²) in [6.45, 7) is 0. The molecule has 4 heteroatoms. The highest BCUT2D eigenvalue weighted by Crippen LogP contribution is 2.07. The summed E-state index contributed by atoms with van der Waals surface area (Å²) in [5, 5.41) is 4.12. The third-order valence-corrected chi connectivity index (χ3v) is 2.09. The largest absolute Gasteiger partial charge is 0.305 e. The second-order valence-electron chi connectivity index (χ2n) is 3.02. The molecule has 0 N–H and O–H groups in total. The molecule has 0 atom stereocenters. The van der Waals surface area contributed by atoms with Crippen LogP contribution in [0, 0.1) is 0 Å². The van der Waals surface area contributed by atoms with Crippen molar-refractivity contribution in [1.82, 2.24) is 19.2 Å². The van der Waals surface area contributed by atoms with Gasteiger partial charge < -0.3 is 4.40 Å². The van der Waals surface area contributed by atoms with Gasteiger partial charge in [0, 0.05) is 18.6 Å². The SMILES string of the molecule is c1ccn2cc(-n3cccn3)nc2c1. The Morgan fingerprint density at radius 3 is 2.86 bits per heavy atom. The fourth-order valence-corrected chi connectivity index (χ4v) is 1.44. The molecule has 0 aromatic carbocycles. The van der Waals surface area contributed by atoms with Gasteiger partial charge in [-0.15, -0.1) is 0 Å². The van der Waals surface area contributed by atoms with Crippen molar-refractivity contribution < 1.29 is 0 Å². The van der Waals surface area contributed by atoms with Crippen LogP contribution >= 0.6 is 0 Å². The molecule has 0 saturated heterocycles. The Bertz CT molecular complexity index is 517. The molecule has 0 unspecified atom stereocenters. The van der Waals surface area contributed by atoms with E-state index in [-0.39, 0.29) is 0 Å². The minimum Gasteiger partial charge on any atom is -0.305 e. The minimum atomic E-state index is 0.834. The molecule has 0 bridgehead atoms. The second-order valence-corrected chi connectivity index (χ2v) is 3.02. The molecule has 3 rings (SSSR count). The van der Waals surface area contributed by atoms with Gasteiger partial charge in [-0.1, -0.05) is 6.07 Å². The standard InChI is InChI=1S/C10H8N4/c1-2-6-13-8-10(12-9(13)4-1)14-7-3-5-11-14/h1-8H. The molecule has 0 spiro atoms. The van der Waals surface area contributed by atoms with Gasteiger partial charge in [0.2, 0.25) is 0 Å². The van der Waals surface area contributed by atoms with E-state index < -0.39 is 0 Å². The number of aromatic nitrogens is 4. The van der Waals surface area contributed by atoms with Crippen LogP contribution in [0.15, 0.2) is 49.1 Å². The third kappa shape index (κ3) is 1.01. The molecule has 3 heterocycles. The first-order valence-corrected chi connectivity index (χ1v) is 4.37. The molecule has 0 fully saturated rings. The van der Waals surface area contributed by atoms with Crippen molar-refractivity contribution >= 4 is 5.65 Å². The van der Waals surface area contributed by atoms with Gasteiger partial charge in [-0.3, -0.25) is 0 Å². The lowest BCUT2D eigenvalue weighted by Crippen LogP contribution is -1.93. The molecular weight excluding hydrogens is 176 g/mol. The lowest BCUT2D eigenvalue weighted by molar-refractivity contribution is 0.856. The Hall–Kier alpha value is -2.10. The van der Waals surface area contributed by atoms with Crippen molar-refractivity contribution in [3.05, 3.63) is 49.1 Å². The van der Waals surface area contributed by atoms with Crippen LogP contribution in [0.25, 0.3) is 11.5 Å². The fraction of sp³-hybridized carbons (Fsp3) is 0. The van der Waals surface area contributed by atoms with Crippen LogP contribution in [0.5, 0.6) is 0 Å². The molecule has 0 amide bonds. The van der Waals surface area contributed by atoms with Crippen LogP contribution in [0.2, 0.25) is 0 Å². The zero-order chi connectivity index (χ0) is 9.38. The summed E-state index contributed by atoms with van der Waals surface area (Å²) in [4.78, 5) is 4.42. The maximum absolute atomic E-state index is 4.42. The number of pyridine rings is 1. The van der Waals surface area contributed by atoms with E-state index in [1.165, 1.54) is 0 Å². The molecule has 0 saturated carbocycles. The van der Waals surface area contributed by atoms with Gasteiger partial charge in [-0.25, -0.2) is 9.67 Å². The van der Waals surface area contributed by atoms with Gasteiger partial charge in [0.05, 0.1) is 6.20 Å². The predicted octanol–water partition coefficient (Wildman–Crippen LogP) is 1.52. The molecule has 4 nitrogen and oxygen atoms in total. The minimum absolute atomic E-state index is 0.834. The van der Waals surface area contributed by atoms with Crippen LogP contribution in [0.4, 0.5) is 0 Å². The van der Waals surface area contributed by atoms with Crippen molar-refractivity contribution in [2.75, 3.05) is 0 Å². The molecule has 0 radical (unpaired) electrons. The summed E-state index contributed by atoms with van der Waals surface area (Å²) in [7, 11) is 0. The van der Waals surface area contributed by atoms with E-state index >= 15 is 0 Å². The van der Waals surface area contributed by atoms with Gasteiger partial charge in [-0.2, -0.15) is 5.10 Å². The topological polar surface area (TPSA) is 35.1 Å². The van der Waals surface area contributed by atoms with Crippen LogP contribution in [0.1, 0.15) is 0 Å². The zero-order valence-electron chi connectivity index (χ0n) is 7.41. The first-order chi connectivity index (χ1) is 6.93. The van der Waals surface area contributed by atoms with E-state index in [9.17, 15) is 0 Å². The number of hydrogen-bond acceptors (Lipinski definition) is 2. The smallest absolute Gasteiger partial charge is 0.172 e. The van der Waals surface area contributed by atoms with Crippen molar-refractivity contribution in [3.8, 4) is 5.82 Å². The summed E-state index contributed by atoms with van der Waals surface area (Å²) < 4.78 is 3.71. The van der Waals surface area contributed by atoms with Crippen LogP contribution in [-0.2, 0) is 0 Å². The molecule has 0 aliphatic carbocycles. The first-order valence-electron chi connectivity index (χ1n) is 4.37. The number of nitrogens with zero attached hydrogens (tertiary/aromatic N) is 4. The van der Waals surface area contributed by atoms with Crippen molar-refractivity contribution in [3.63, 3.8) is 0 Å². The fourth-order valence-electron chi connectivity index (χ4n) is 1.44. The normalized spacial score (nSPS) is 10.9. The molecule has 0 aliphatic rings. The molecule has 0 aliphatic heterocycles. The Balaban J connectivity index is 2.24. The lowest BCUT2D eigenvalue weighted by atomic mass is 10.5. The van der Waals surface area contributed by atoms with E-state index in [4.69, 9.17) is 0 Å². The van der Waals surface area contributed by atoms with Crippen LogP contribution < -0.4 is 0 Å². The van der Waals surface area contributed by atoms with Crippen molar-refractivity contribution in [1.29, 1.82) is 0 Å². The van der Waals surface area contributed by atoms with E-state index in [1.54, 1.807) is 10.9 Å². The van der Waals surface area contributed by atoms with Crippen LogP contribution in [-0.4, -0.2) is 19.2 Å². The molecule has 68 valence electrons. The van der Waals surface area contributed by atoms with Crippen molar-refractivity contribution in [2.45, 2.75) is 0 Å². The molecule has 14 heavy (non-hydrogen) atoms. The monoisotopic (exact) mass is 184 g/mol. The van der Waals surface area contributed by atoms with Gasteiger partial charge >= 0.3 is 0 Å². The maximum Gasteiger partial charge on any atom is 0.172 e. The first kappa shape index (κ1) is 7.32. The Kier molecular flexibility index (Phi) is 1.41. The van der Waals surface area contributed by atoms with E-state index in [2.05, 4.69) is 10.1 Å². The summed E-state index contributed by atoms with van der Waals surface area (Å²) in [5.41, 5.74) is 0.929. The summed E-state index contributed by atoms with van der Waals surface area (Å²) in [6, 6.07) is 7.79. The maximum atomic E-state index is 4.42. The summed E-state index contributed by atoms with van der Waals surface area (Å²) in [6.07, 6.45) is 7.53. The third-order valence-electron chi connectivity index (χ3n) is 2.09. The van der Waals surface area contributed by atoms with Crippen molar-refractivity contribution in [2.24, 2.45) is 0 Å². The van der Waals surface area contributed by atoms with E-state index in [0.29, 0.717) is 0 Å². The second kappa shape index (κ2) is 2.70. The van der Waals surface area contributed by atoms with Gasteiger partial charge in [-0.05, 0) is 18.2 Å². The highest BCUT2D eigenvalue weighted by Gasteiger charge is 2.01. The summed E-state index contributed by atoms with van der Waals surface area (Å²) >= 11 is 0. The molecule has 3 aromatic rings. The average Bonchev–Trinajstić information content (AvgIpc) is 2.86. The van der Waals surface area contributed by atoms with Gasteiger partial charge in [0.1, 0.15) is 5.65 Å². The Morgan fingerprint density at radius 1 is 1.07 bits per heavy atom. The number of hydrogen-bond donors (Lipinski definition) is 0. The molecule has 3 aromatic heterocycles. The highest BCUT2D eigenvalue weighted by molar-refractivity contribution is 5.43. The quantitative estimate of drug-likeness (QED) is 0.574. The average molecular weight is 184 g/mol. The predicted molar refractivity (Wildman–Crippen MR) is 52.3 cm³/mol. The number of imidazole rings is 1. The summed E-state index contributed by atoms with van der Waals surface area (Å²) in [5.74, 6) is 0.834. The lowest BCUT2D eigenvalue weighted by Gasteiger charge is -1.90. The van der Waals surface area contributed by atoms with Gasteiger partial charge in [0.15, 0.2) is 5.82 Å². The Labute approximate surface area is 80.4 Å². The molecular formula is C10H8N4. The van der Waals surface area contributed by atoms with Crippen LogP contribution in [0.3, 0.4) is 0 Å². The zero-order valence-corrected chi connectivity index (χ0v) is 7.41.